The Morgan fingerprint density at radius 2 is 1.67 bits per heavy atom. The number of piperidine rings is 1. The van der Waals surface area contributed by atoms with Crippen molar-refractivity contribution in [2.45, 2.75) is 47.8 Å². The Kier molecular flexibility index (Phi) is 9.56. The maximum Gasteiger partial charge on any atom is 0.335 e. The minimum atomic E-state index is -3.67. The van der Waals surface area contributed by atoms with Crippen LogP contribution in [0.15, 0.2) is 52.4 Å². The van der Waals surface area contributed by atoms with Crippen LogP contribution in [0, 0.1) is 6.92 Å². The van der Waals surface area contributed by atoms with Gasteiger partial charge in [-0.25, -0.2) is 18.0 Å². The number of sulfone groups is 1. The summed E-state index contributed by atoms with van der Waals surface area (Å²) >= 11 is 0. The molecule has 2 heterocycles. The summed E-state index contributed by atoms with van der Waals surface area (Å²) in [7, 11) is 0.0311. The fraction of sp³-hybridized carbons (Fsp3) is 0.385. The van der Waals surface area contributed by atoms with E-state index in [1.54, 1.807) is 31.5 Å². The van der Waals surface area contributed by atoms with Gasteiger partial charge in [-0.15, -0.1) is 0 Å². The van der Waals surface area contributed by atoms with Crippen LogP contribution in [0.2, 0.25) is 0 Å². The molecule has 0 radical (unpaired) electrons. The highest BCUT2D eigenvalue weighted by molar-refractivity contribution is 7.91. The number of rotatable bonds is 8. The molecule has 4 rings (SSSR count). The van der Waals surface area contributed by atoms with E-state index in [4.69, 9.17) is 25.2 Å². The number of methoxy groups -OCH3 is 1. The van der Waals surface area contributed by atoms with Crippen LogP contribution >= 0.6 is 0 Å². The van der Waals surface area contributed by atoms with Gasteiger partial charge in [-0.2, -0.15) is 0 Å². The number of carboxylic acid groups (broad SMARTS) is 2. The number of aromatic nitrogens is 1. The highest BCUT2D eigenvalue weighted by Crippen LogP contribution is 2.32. The number of aryl methyl sites for hydroxylation is 1. The van der Waals surface area contributed by atoms with Crippen molar-refractivity contribution >= 4 is 38.4 Å². The first kappa shape index (κ1) is 29.9. The van der Waals surface area contributed by atoms with E-state index in [2.05, 4.69) is 22.2 Å². The third-order valence-electron chi connectivity index (χ3n) is 6.54. The number of nitrogens with zero attached hydrogens (tertiary/aromatic N) is 1. The number of aromatic amines is 1. The Morgan fingerprint density at radius 1 is 1.05 bits per heavy atom. The largest absolute Gasteiger partial charge is 0.497 e. The molecule has 0 bridgehead atoms. The second-order valence-electron chi connectivity index (χ2n) is 9.33. The van der Waals surface area contributed by atoms with E-state index in [1.807, 2.05) is 25.1 Å². The molecule has 12 nitrogen and oxygen atoms in total. The van der Waals surface area contributed by atoms with E-state index in [-0.39, 0.29) is 4.90 Å². The molecule has 0 aliphatic carbocycles. The molecule has 212 valence electrons. The lowest BCUT2D eigenvalue weighted by molar-refractivity contribution is -0.165. The van der Waals surface area contributed by atoms with Gasteiger partial charge in [0.05, 0.1) is 16.9 Å². The van der Waals surface area contributed by atoms with Crippen LogP contribution in [-0.4, -0.2) is 96.2 Å². The number of fused-ring (bicyclic) bond motifs is 1. The van der Waals surface area contributed by atoms with Crippen molar-refractivity contribution in [1.82, 2.24) is 9.88 Å². The highest BCUT2D eigenvalue weighted by Gasteiger charge is 2.29. The number of H-pyrrole nitrogens is 1. The molecule has 0 amide bonds. The van der Waals surface area contributed by atoms with Gasteiger partial charge >= 0.3 is 11.9 Å². The number of ether oxygens (including phenoxy) is 1. The van der Waals surface area contributed by atoms with E-state index >= 15 is 0 Å². The van der Waals surface area contributed by atoms with Crippen LogP contribution < -0.4 is 10.1 Å². The maximum atomic E-state index is 13.4. The van der Waals surface area contributed by atoms with E-state index in [0.29, 0.717) is 22.1 Å². The van der Waals surface area contributed by atoms with Crippen molar-refractivity contribution < 1.29 is 43.2 Å². The zero-order valence-electron chi connectivity index (χ0n) is 21.8. The fourth-order valence-corrected chi connectivity index (χ4v) is 5.56. The summed E-state index contributed by atoms with van der Waals surface area (Å²) in [6.07, 6.45) is -0.872. The van der Waals surface area contributed by atoms with Crippen LogP contribution in [0.3, 0.4) is 0 Å². The van der Waals surface area contributed by atoms with Gasteiger partial charge in [0.25, 0.3) is 0 Å². The quantitative estimate of drug-likeness (QED) is 0.234. The lowest BCUT2D eigenvalue weighted by atomic mass is 10.0. The molecule has 0 saturated carbocycles. The van der Waals surface area contributed by atoms with Gasteiger partial charge in [0.2, 0.25) is 9.84 Å². The smallest absolute Gasteiger partial charge is 0.335 e. The van der Waals surface area contributed by atoms with Gasteiger partial charge < -0.3 is 40.4 Å². The number of hydrogen-bond donors (Lipinski definition) is 6. The van der Waals surface area contributed by atoms with Gasteiger partial charge in [-0.1, -0.05) is 6.07 Å². The zero-order chi connectivity index (χ0) is 28.9. The molecule has 2 atom stereocenters. The molecular weight excluding hydrogens is 530 g/mol. The summed E-state index contributed by atoms with van der Waals surface area (Å²) in [6, 6.07) is 11.1. The fourth-order valence-electron chi connectivity index (χ4n) is 4.12. The lowest BCUT2D eigenvalue weighted by Crippen LogP contribution is -2.39. The van der Waals surface area contributed by atoms with Crippen molar-refractivity contribution in [2.24, 2.45) is 0 Å². The van der Waals surface area contributed by atoms with Gasteiger partial charge in [-0.05, 0) is 75.8 Å². The predicted molar refractivity (Wildman–Crippen MR) is 143 cm³/mol. The number of carbonyl (C=O) groups is 2. The monoisotopic (exact) mass is 563 g/mol. The molecule has 1 fully saturated rings. The van der Waals surface area contributed by atoms with E-state index in [0.717, 1.165) is 42.7 Å². The Balaban J connectivity index is 0.000000360. The van der Waals surface area contributed by atoms with Crippen molar-refractivity contribution in [3.63, 3.8) is 0 Å². The summed E-state index contributed by atoms with van der Waals surface area (Å²) in [5.41, 5.74) is 2.70. The Hall–Kier alpha value is -3.65. The number of nitrogens with one attached hydrogen (secondary N) is 2. The van der Waals surface area contributed by atoms with Gasteiger partial charge in [0.15, 0.2) is 12.2 Å². The number of anilines is 1. The first-order valence-corrected chi connectivity index (χ1v) is 13.6. The number of aliphatic hydroxyl groups excluding tert-OH is 2. The van der Waals surface area contributed by atoms with Gasteiger partial charge in [0.1, 0.15) is 5.75 Å². The third-order valence-corrected chi connectivity index (χ3v) is 8.33. The Labute approximate surface area is 225 Å². The molecule has 2 aromatic carbocycles. The lowest BCUT2D eigenvalue weighted by Gasteiger charge is -2.30. The van der Waals surface area contributed by atoms with Crippen LogP contribution in [0.25, 0.3) is 10.9 Å². The highest BCUT2D eigenvalue weighted by atomic mass is 32.2. The molecule has 1 aliphatic heterocycles. The van der Waals surface area contributed by atoms with Crippen LogP contribution in [0.4, 0.5) is 5.69 Å². The standard InChI is InChI=1S/C22H27N3O3S.C4H6O6/c1-15-4-6-18(13-21(15)24-16-8-10-25(2)11-9-16)29(26,27)22-14-23-20-7-5-17(28-3)12-19(20)22;5-1(3(7)8)2(6)4(9)10/h4-7,12-14,16,23-24H,8-11H2,1-3H3;1-2,5-6H,(H,7,8)(H,9,10). The van der Waals surface area contributed by atoms with E-state index in [9.17, 15) is 18.0 Å². The first-order valence-electron chi connectivity index (χ1n) is 12.1. The first-order chi connectivity index (χ1) is 18.3. The summed E-state index contributed by atoms with van der Waals surface area (Å²) in [4.78, 5) is 25.5. The topological polar surface area (TPSA) is 189 Å². The van der Waals surface area contributed by atoms with Gasteiger partial charge in [-0.3, -0.25) is 0 Å². The minimum Gasteiger partial charge on any atom is -0.497 e. The molecule has 1 saturated heterocycles. The van der Waals surface area contributed by atoms with E-state index in [1.165, 1.54) is 0 Å². The molecule has 6 N–H and O–H groups in total. The average molecular weight is 564 g/mol. The second-order valence-corrected chi connectivity index (χ2v) is 11.3. The molecule has 2 unspecified atom stereocenters. The number of likely N-dealkylation sites (tertiary alicyclic amines) is 1. The van der Waals surface area contributed by atoms with Crippen LogP contribution in [-0.2, 0) is 19.4 Å². The Morgan fingerprint density at radius 3 is 2.23 bits per heavy atom. The van der Waals surface area contributed by atoms with Crippen molar-refractivity contribution in [3.8, 4) is 5.75 Å². The predicted octanol–water partition coefficient (Wildman–Crippen LogP) is 1.70. The third kappa shape index (κ3) is 7.06. The second kappa shape index (κ2) is 12.5. The maximum absolute atomic E-state index is 13.4. The average Bonchev–Trinajstić information content (AvgIpc) is 3.34. The van der Waals surface area contributed by atoms with Crippen molar-refractivity contribution in [2.75, 3.05) is 32.6 Å². The molecule has 1 aliphatic rings. The molecule has 13 heteroatoms. The molecule has 1 aromatic heterocycles. The number of benzene rings is 2. The summed E-state index contributed by atoms with van der Waals surface area (Å²) < 4.78 is 32.1. The van der Waals surface area contributed by atoms with Crippen molar-refractivity contribution in [1.29, 1.82) is 0 Å². The number of hydrogen-bond acceptors (Lipinski definition) is 9. The summed E-state index contributed by atoms with van der Waals surface area (Å²) in [5, 5.41) is 36.7. The molecule has 0 spiro atoms. The van der Waals surface area contributed by atoms with Gasteiger partial charge in [0, 0.05) is 28.8 Å². The van der Waals surface area contributed by atoms with E-state index < -0.39 is 34.0 Å². The van der Waals surface area contributed by atoms with Crippen LogP contribution in [0.5, 0.6) is 5.75 Å². The Bertz CT molecular complexity index is 1410. The minimum absolute atomic E-state index is 0.264. The van der Waals surface area contributed by atoms with Crippen LogP contribution in [0.1, 0.15) is 18.4 Å². The number of aliphatic carboxylic acids is 2. The molecule has 39 heavy (non-hydrogen) atoms. The summed E-state index contributed by atoms with van der Waals surface area (Å²) in [5.74, 6) is -2.91. The number of aliphatic hydroxyl groups is 2. The molecule has 3 aromatic rings. The summed E-state index contributed by atoms with van der Waals surface area (Å²) in [6.45, 7) is 4.10. The zero-order valence-corrected chi connectivity index (χ0v) is 22.6. The normalized spacial score (nSPS) is 16.1. The molecular formula is C26H33N3O9S. The number of carboxylic acids is 2. The van der Waals surface area contributed by atoms with Crippen molar-refractivity contribution in [3.05, 3.63) is 48.2 Å². The SMILES string of the molecule is COc1ccc2[nH]cc(S(=O)(=O)c3ccc(C)c(NC4CCN(C)CC4)c3)c2c1.O=C(O)C(O)C(O)C(=O)O.